The van der Waals surface area contributed by atoms with Gasteiger partial charge in [0, 0.05) is 18.7 Å². The smallest absolute Gasteiger partial charge is 0.169 e. The maximum atomic E-state index is 5.27. The lowest BCUT2D eigenvalue weighted by Gasteiger charge is -2.19. The highest BCUT2D eigenvalue weighted by Crippen LogP contribution is 2.19. The van der Waals surface area contributed by atoms with Crippen molar-refractivity contribution in [3.63, 3.8) is 0 Å². The predicted molar refractivity (Wildman–Crippen MR) is 58.7 cm³/mol. The van der Waals surface area contributed by atoms with E-state index >= 15 is 0 Å². The Hall–Kier alpha value is -1.10. The molecule has 2 N–H and O–H groups in total. The number of fused-ring (bicyclic) bond motifs is 1. The summed E-state index contributed by atoms with van der Waals surface area (Å²) in [6.07, 6.45) is 2.97. The molecule has 0 bridgehead atoms. The highest BCUT2D eigenvalue weighted by Gasteiger charge is 2.21. The summed E-state index contributed by atoms with van der Waals surface area (Å²) in [4.78, 5) is 2.15. The highest BCUT2D eigenvalue weighted by molar-refractivity contribution is 7.80. The van der Waals surface area contributed by atoms with Gasteiger partial charge in [0.2, 0.25) is 0 Å². The van der Waals surface area contributed by atoms with Crippen LogP contribution in [0.25, 0.3) is 0 Å². The molecule has 1 aromatic rings. The normalized spacial score (nSPS) is 14.2. The molecule has 1 aromatic heterocycles. The van der Waals surface area contributed by atoms with Gasteiger partial charge in [-0.3, -0.25) is 5.10 Å². The first kappa shape index (κ1) is 9.45. The fourth-order valence-electron chi connectivity index (χ4n) is 1.55. The van der Waals surface area contributed by atoms with E-state index < -0.39 is 0 Å². The fourth-order valence-corrected chi connectivity index (χ4v) is 1.78. The number of nitrogens with zero attached hydrogens (tertiary/aromatic N) is 2. The molecule has 14 heavy (non-hydrogen) atoms. The summed E-state index contributed by atoms with van der Waals surface area (Å²) in [5, 5.41) is 11.0. The molecule has 0 atom stereocenters. The van der Waals surface area contributed by atoms with Gasteiger partial charge in [-0.1, -0.05) is 6.92 Å². The Morgan fingerprint density at radius 1 is 1.71 bits per heavy atom. The third-order valence-corrected chi connectivity index (χ3v) is 2.73. The number of thiocarbonyl (C=S) groups is 1. The molecule has 4 nitrogen and oxygen atoms in total. The van der Waals surface area contributed by atoms with E-state index in [0.717, 1.165) is 31.2 Å². The Labute approximate surface area is 88.7 Å². The predicted octanol–water partition coefficient (Wildman–Crippen LogP) is 1.01. The van der Waals surface area contributed by atoms with Crippen molar-refractivity contribution >= 4 is 17.3 Å². The van der Waals surface area contributed by atoms with Crippen LogP contribution in [0.2, 0.25) is 0 Å². The van der Waals surface area contributed by atoms with Crippen LogP contribution < -0.4 is 5.32 Å². The Balaban J connectivity index is 1.91. The van der Waals surface area contributed by atoms with Crippen molar-refractivity contribution in [3.8, 4) is 0 Å². The number of aromatic nitrogens is 2. The van der Waals surface area contributed by atoms with Crippen LogP contribution in [0.3, 0.4) is 0 Å². The molecule has 0 radical (unpaired) electrons. The Bertz CT molecular complexity index is 313. The third kappa shape index (κ3) is 1.72. The average molecular weight is 210 g/mol. The molecule has 0 amide bonds. The largest absolute Gasteiger partial charge is 0.363 e. The quantitative estimate of drug-likeness (QED) is 0.715. The number of aromatic amines is 1. The molecule has 5 heteroatoms. The minimum atomic E-state index is 0.844. The second-order valence-electron chi connectivity index (χ2n) is 3.46. The fraction of sp³-hybridized carbons (Fsp3) is 0.556. The lowest BCUT2D eigenvalue weighted by atomic mass is 10.3. The van der Waals surface area contributed by atoms with Crippen LogP contribution in [-0.2, 0) is 13.1 Å². The maximum absolute atomic E-state index is 5.27. The molecular formula is C9H14N4S. The Kier molecular flexibility index (Phi) is 2.67. The van der Waals surface area contributed by atoms with Crippen LogP contribution in [0.15, 0.2) is 6.20 Å². The van der Waals surface area contributed by atoms with Crippen molar-refractivity contribution in [3.05, 3.63) is 17.5 Å². The Morgan fingerprint density at radius 2 is 2.57 bits per heavy atom. The molecular weight excluding hydrogens is 196 g/mol. The summed E-state index contributed by atoms with van der Waals surface area (Å²) in [6.45, 7) is 4.81. The molecule has 76 valence electrons. The zero-order chi connectivity index (χ0) is 9.97. The van der Waals surface area contributed by atoms with Gasteiger partial charge in [0.15, 0.2) is 5.11 Å². The van der Waals surface area contributed by atoms with Gasteiger partial charge < -0.3 is 10.2 Å². The monoisotopic (exact) mass is 210 g/mol. The number of hydrogen-bond donors (Lipinski definition) is 2. The molecule has 1 aliphatic rings. The summed E-state index contributed by atoms with van der Waals surface area (Å²) in [5.74, 6) is 0. The summed E-state index contributed by atoms with van der Waals surface area (Å²) < 4.78 is 0. The second-order valence-corrected chi connectivity index (χ2v) is 3.85. The molecule has 0 aliphatic carbocycles. The van der Waals surface area contributed by atoms with E-state index in [9.17, 15) is 0 Å². The number of nitrogens with one attached hydrogen (secondary N) is 2. The van der Waals surface area contributed by atoms with Gasteiger partial charge in [-0.05, 0) is 18.6 Å². The summed E-state index contributed by atoms with van der Waals surface area (Å²) in [5.41, 5.74) is 2.44. The first-order valence-electron chi connectivity index (χ1n) is 4.85. The zero-order valence-corrected chi connectivity index (χ0v) is 9.02. The van der Waals surface area contributed by atoms with Crippen LogP contribution in [0.5, 0.6) is 0 Å². The van der Waals surface area contributed by atoms with E-state index in [1.165, 1.54) is 11.3 Å². The molecule has 1 aliphatic heterocycles. The van der Waals surface area contributed by atoms with E-state index in [0.29, 0.717) is 0 Å². The van der Waals surface area contributed by atoms with E-state index in [1.807, 2.05) is 6.20 Å². The highest BCUT2D eigenvalue weighted by atomic mass is 32.1. The van der Waals surface area contributed by atoms with Gasteiger partial charge in [0.05, 0.1) is 18.4 Å². The first-order valence-corrected chi connectivity index (χ1v) is 5.26. The standard InChI is InChI=1S/C9H14N4S/c1-2-3-10-9(14)13-5-7-4-11-12-8(7)6-13/h4H,2-3,5-6H2,1H3,(H,10,14)(H,11,12). The van der Waals surface area contributed by atoms with Gasteiger partial charge in [-0.25, -0.2) is 0 Å². The summed E-state index contributed by atoms with van der Waals surface area (Å²) >= 11 is 5.27. The van der Waals surface area contributed by atoms with Gasteiger partial charge >= 0.3 is 0 Å². The molecule has 0 aromatic carbocycles. The first-order chi connectivity index (χ1) is 6.81. The Morgan fingerprint density at radius 3 is 3.29 bits per heavy atom. The molecule has 0 unspecified atom stereocenters. The van der Waals surface area contributed by atoms with Crippen LogP contribution >= 0.6 is 12.2 Å². The van der Waals surface area contributed by atoms with Crippen molar-refractivity contribution in [2.24, 2.45) is 0 Å². The summed E-state index contributed by atoms with van der Waals surface area (Å²) in [7, 11) is 0. The van der Waals surface area contributed by atoms with E-state index in [1.54, 1.807) is 0 Å². The minimum absolute atomic E-state index is 0.844. The van der Waals surface area contributed by atoms with Gasteiger partial charge in [0.1, 0.15) is 0 Å². The van der Waals surface area contributed by atoms with Crippen molar-refractivity contribution in [1.82, 2.24) is 20.4 Å². The lowest BCUT2D eigenvalue weighted by molar-refractivity contribution is 0.432. The minimum Gasteiger partial charge on any atom is -0.363 e. The van der Waals surface area contributed by atoms with E-state index in [2.05, 4.69) is 27.3 Å². The van der Waals surface area contributed by atoms with Gasteiger partial charge in [-0.2, -0.15) is 5.10 Å². The van der Waals surface area contributed by atoms with Crippen molar-refractivity contribution in [2.75, 3.05) is 6.54 Å². The molecule has 0 saturated heterocycles. The maximum Gasteiger partial charge on any atom is 0.169 e. The lowest BCUT2D eigenvalue weighted by Crippen LogP contribution is -2.36. The van der Waals surface area contributed by atoms with Gasteiger partial charge in [-0.15, -0.1) is 0 Å². The topological polar surface area (TPSA) is 44.0 Å². The second kappa shape index (κ2) is 3.96. The molecule has 0 spiro atoms. The zero-order valence-electron chi connectivity index (χ0n) is 8.21. The van der Waals surface area contributed by atoms with Crippen LogP contribution in [-0.4, -0.2) is 26.8 Å². The summed E-state index contributed by atoms with van der Waals surface area (Å²) in [6, 6.07) is 0. The van der Waals surface area contributed by atoms with E-state index in [4.69, 9.17) is 12.2 Å². The number of rotatable bonds is 2. The van der Waals surface area contributed by atoms with Crippen LogP contribution in [0.4, 0.5) is 0 Å². The molecule has 2 rings (SSSR count). The van der Waals surface area contributed by atoms with Crippen molar-refractivity contribution in [1.29, 1.82) is 0 Å². The van der Waals surface area contributed by atoms with Crippen molar-refractivity contribution in [2.45, 2.75) is 26.4 Å². The van der Waals surface area contributed by atoms with Crippen molar-refractivity contribution < 1.29 is 0 Å². The molecule has 0 saturated carbocycles. The number of H-pyrrole nitrogens is 1. The van der Waals surface area contributed by atoms with Crippen LogP contribution in [0, 0.1) is 0 Å². The number of hydrogen-bond acceptors (Lipinski definition) is 2. The third-order valence-electron chi connectivity index (χ3n) is 2.33. The average Bonchev–Trinajstić information content (AvgIpc) is 2.72. The molecule has 2 heterocycles. The van der Waals surface area contributed by atoms with E-state index in [-0.39, 0.29) is 0 Å². The SMILES string of the molecule is CCCNC(=S)N1Cc2cn[nH]c2C1. The molecule has 0 fully saturated rings. The van der Waals surface area contributed by atoms with Gasteiger partial charge in [0.25, 0.3) is 0 Å². The van der Waals surface area contributed by atoms with Crippen LogP contribution in [0.1, 0.15) is 24.6 Å².